The number of oxime groups is 1. The van der Waals surface area contributed by atoms with E-state index < -0.39 is 5.41 Å². The van der Waals surface area contributed by atoms with E-state index in [4.69, 9.17) is 10.9 Å². The van der Waals surface area contributed by atoms with Crippen LogP contribution in [0.2, 0.25) is 0 Å². The van der Waals surface area contributed by atoms with Crippen LogP contribution in [0, 0.1) is 11.3 Å². The van der Waals surface area contributed by atoms with Gasteiger partial charge in [0.15, 0.2) is 5.84 Å². The normalized spacial score (nSPS) is 24.2. The molecule has 0 radical (unpaired) electrons. The Morgan fingerprint density at radius 3 is 2.68 bits per heavy atom. The van der Waals surface area contributed by atoms with E-state index in [9.17, 15) is 4.79 Å². The van der Waals surface area contributed by atoms with E-state index in [-0.39, 0.29) is 11.7 Å². The maximum Gasteiger partial charge on any atom is 0.235 e. The Bertz CT molecular complexity index is 359. The molecule has 1 heterocycles. The molecular formula is C13H26N4O2. The van der Waals surface area contributed by atoms with Gasteiger partial charge in [-0.05, 0) is 39.3 Å². The minimum atomic E-state index is -0.923. The lowest BCUT2D eigenvalue weighted by molar-refractivity contribution is -0.137. The summed E-state index contributed by atoms with van der Waals surface area (Å²) in [5.74, 6) is 0.405. The number of amides is 1. The highest BCUT2D eigenvalue weighted by atomic mass is 16.4. The Labute approximate surface area is 115 Å². The van der Waals surface area contributed by atoms with Gasteiger partial charge in [-0.25, -0.2) is 0 Å². The lowest BCUT2D eigenvalue weighted by Crippen LogP contribution is -2.49. The summed E-state index contributed by atoms with van der Waals surface area (Å²) in [4.78, 5) is 16.5. The summed E-state index contributed by atoms with van der Waals surface area (Å²) >= 11 is 0. The molecular weight excluding hydrogens is 244 g/mol. The predicted octanol–water partition coefficient (Wildman–Crippen LogP) is 0.559. The number of hydrogen-bond donors (Lipinski definition) is 2. The highest BCUT2D eigenvalue weighted by Gasteiger charge is 2.39. The average Bonchev–Trinajstić information content (AvgIpc) is 2.81. The van der Waals surface area contributed by atoms with E-state index in [0.29, 0.717) is 12.3 Å². The zero-order valence-corrected chi connectivity index (χ0v) is 12.4. The van der Waals surface area contributed by atoms with E-state index in [0.717, 1.165) is 26.1 Å². The van der Waals surface area contributed by atoms with E-state index in [1.54, 1.807) is 18.9 Å². The average molecular weight is 270 g/mol. The molecule has 1 aliphatic heterocycles. The fourth-order valence-corrected chi connectivity index (χ4v) is 2.62. The molecule has 1 rings (SSSR count). The second-order valence-electron chi connectivity index (χ2n) is 5.77. The minimum Gasteiger partial charge on any atom is -0.409 e. The first-order chi connectivity index (χ1) is 8.85. The second-order valence-corrected chi connectivity index (χ2v) is 5.77. The molecule has 2 atom stereocenters. The first kappa shape index (κ1) is 15.8. The van der Waals surface area contributed by atoms with Crippen molar-refractivity contribution in [1.29, 1.82) is 0 Å². The van der Waals surface area contributed by atoms with Crippen LogP contribution < -0.4 is 5.73 Å². The molecule has 0 aromatic carbocycles. The molecule has 0 aliphatic carbocycles. The van der Waals surface area contributed by atoms with Gasteiger partial charge < -0.3 is 20.7 Å². The first-order valence-electron chi connectivity index (χ1n) is 6.77. The standard InChI is InChI=1S/C13H26N4O2/c1-5-13(2,11(14)15-19)12(18)17(4)9-10-6-7-16(3)8-10/h10,19H,5-9H2,1-4H3,(H2,14,15). The van der Waals surface area contributed by atoms with Crippen LogP contribution in [0.3, 0.4) is 0 Å². The summed E-state index contributed by atoms with van der Waals surface area (Å²) in [6.45, 7) is 6.41. The van der Waals surface area contributed by atoms with Crippen LogP contribution in [-0.2, 0) is 4.79 Å². The number of carbonyl (C=O) groups is 1. The maximum atomic E-state index is 12.5. The van der Waals surface area contributed by atoms with Crippen molar-refractivity contribution in [3.05, 3.63) is 0 Å². The lowest BCUT2D eigenvalue weighted by atomic mass is 9.84. The molecule has 0 bridgehead atoms. The minimum absolute atomic E-state index is 0.0182. The van der Waals surface area contributed by atoms with E-state index in [1.807, 2.05) is 6.92 Å². The van der Waals surface area contributed by atoms with Gasteiger partial charge in [-0.15, -0.1) is 0 Å². The third-order valence-corrected chi connectivity index (χ3v) is 4.22. The van der Waals surface area contributed by atoms with E-state index in [1.165, 1.54) is 0 Å². The summed E-state index contributed by atoms with van der Waals surface area (Å²) in [5, 5.41) is 11.9. The van der Waals surface area contributed by atoms with Gasteiger partial charge in [0.05, 0.1) is 0 Å². The van der Waals surface area contributed by atoms with Gasteiger partial charge in [0.1, 0.15) is 5.41 Å². The van der Waals surface area contributed by atoms with Crippen LogP contribution in [0.5, 0.6) is 0 Å². The van der Waals surface area contributed by atoms with Crippen LogP contribution in [0.4, 0.5) is 0 Å². The van der Waals surface area contributed by atoms with Gasteiger partial charge in [-0.2, -0.15) is 0 Å². The number of amidine groups is 1. The largest absolute Gasteiger partial charge is 0.409 e. The van der Waals surface area contributed by atoms with Crippen molar-refractivity contribution in [1.82, 2.24) is 9.80 Å². The zero-order chi connectivity index (χ0) is 14.6. The Morgan fingerprint density at radius 2 is 2.26 bits per heavy atom. The third-order valence-electron chi connectivity index (χ3n) is 4.22. The first-order valence-corrected chi connectivity index (χ1v) is 6.77. The van der Waals surface area contributed by atoms with Crippen LogP contribution >= 0.6 is 0 Å². The second kappa shape index (κ2) is 6.23. The molecule has 2 unspecified atom stereocenters. The molecule has 1 saturated heterocycles. The monoisotopic (exact) mass is 270 g/mol. The fraction of sp³-hybridized carbons (Fsp3) is 0.846. The van der Waals surface area contributed by atoms with Crippen molar-refractivity contribution in [2.75, 3.05) is 33.7 Å². The van der Waals surface area contributed by atoms with E-state index in [2.05, 4.69) is 17.1 Å². The summed E-state index contributed by atoms with van der Waals surface area (Å²) < 4.78 is 0. The SMILES string of the molecule is CCC(C)(C(=O)N(C)CC1CCN(C)C1)C(N)=NO. The quantitative estimate of drug-likeness (QED) is 0.331. The molecule has 110 valence electrons. The van der Waals surface area contributed by atoms with E-state index >= 15 is 0 Å². The lowest BCUT2D eigenvalue weighted by Gasteiger charge is -2.32. The molecule has 1 aliphatic rings. The summed E-state index contributed by atoms with van der Waals surface area (Å²) in [6, 6.07) is 0. The van der Waals surface area contributed by atoms with Gasteiger partial charge in [0.25, 0.3) is 0 Å². The molecule has 6 nitrogen and oxygen atoms in total. The van der Waals surface area contributed by atoms with Crippen molar-refractivity contribution in [3.63, 3.8) is 0 Å². The van der Waals surface area contributed by atoms with Crippen LogP contribution in [0.1, 0.15) is 26.7 Å². The number of likely N-dealkylation sites (tertiary alicyclic amines) is 1. The molecule has 0 saturated carbocycles. The van der Waals surface area contributed by atoms with Crippen molar-refractivity contribution in [3.8, 4) is 0 Å². The molecule has 1 amide bonds. The molecule has 0 aromatic rings. The van der Waals surface area contributed by atoms with Crippen molar-refractivity contribution in [2.24, 2.45) is 22.2 Å². The Kier molecular flexibility index (Phi) is 5.17. The van der Waals surface area contributed by atoms with Crippen LogP contribution in [-0.4, -0.2) is 60.5 Å². The Hall–Kier alpha value is -1.30. The fourth-order valence-electron chi connectivity index (χ4n) is 2.62. The van der Waals surface area contributed by atoms with Crippen molar-refractivity contribution >= 4 is 11.7 Å². The molecule has 1 fully saturated rings. The van der Waals surface area contributed by atoms with Crippen molar-refractivity contribution in [2.45, 2.75) is 26.7 Å². The molecule has 3 N–H and O–H groups in total. The molecule has 6 heteroatoms. The van der Waals surface area contributed by atoms with Crippen LogP contribution in [0.25, 0.3) is 0 Å². The van der Waals surface area contributed by atoms with Gasteiger partial charge in [0, 0.05) is 20.1 Å². The highest BCUT2D eigenvalue weighted by Crippen LogP contribution is 2.25. The zero-order valence-electron chi connectivity index (χ0n) is 12.4. The Balaban J connectivity index is 2.70. The smallest absolute Gasteiger partial charge is 0.235 e. The number of carbonyl (C=O) groups excluding carboxylic acids is 1. The predicted molar refractivity (Wildman–Crippen MR) is 75.0 cm³/mol. The topological polar surface area (TPSA) is 82.2 Å². The summed E-state index contributed by atoms with van der Waals surface area (Å²) in [7, 11) is 3.88. The number of rotatable bonds is 5. The van der Waals surface area contributed by atoms with Gasteiger partial charge in [-0.1, -0.05) is 12.1 Å². The maximum absolute atomic E-state index is 12.5. The number of nitrogens with two attached hydrogens (primary N) is 1. The Morgan fingerprint density at radius 1 is 1.63 bits per heavy atom. The molecule has 0 spiro atoms. The van der Waals surface area contributed by atoms with Gasteiger partial charge in [0.2, 0.25) is 5.91 Å². The summed E-state index contributed by atoms with van der Waals surface area (Å²) in [6.07, 6.45) is 1.62. The van der Waals surface area contributed by atoms with Crippen molar-refractivity contribution < 1.29 is 10.0 Å². The highest BCUT2D eigenvalue weighted by molar-refractivity contribution is 6.06. The molecule has 19 heavy (non-hydrogen) atoms. The number of nitrogens with zero attached hydrogens (tertiary/aromatic N) is 3. The number of hydrogen-bond acceptors (Lipinski definition) is 4. The van der Waals surface area contributed by atoms with Crippen LogP contribution in [0.15, 0.2) is 5.16 Å². The van der Waals surface area contributed by atoms with Gasteiger partial charge in [-0.3, -0.25) is 4.79 Å². The molecule has 0 aromatic heterocycles. The third kappa shape index (κ3) is 3.37. The van der Waals surface area contributed by atoms with Gasteiger partial charge >= 0.3 is 0 Å². The summed E-state index contributed by atoms with van der Waals surface area (Å²) in [5.41, 5.74) is 4.75.